The fourth-order valence-electron chi connectivity index (χ4n) is 0. The van der Waals surface area contributed by atoms with E-state index in [0.717, 1.165) is 0 Å². The Balaban J connectivity index is 0. The molecule has 0 aliphatic heterocycles. The Morgan fingerprint density at radius 2 is 0.500 bits per heavy atom. The Hall–Kier alpha value is 0.957. The molecule has 0 amide bonds. The average Bonchev–Trinajstić information content (AvgIpc) is 0. The molecule has 0 atom stereocenters. The smallest absolute Gasteiger partial charge is 2.00 e. The first-order valence-corrected chi connectivity index (χ1v) is 0. The second-order valence-corrected chi connectivity index (χ2v) is 0. The summed E-state index contributed by atoms with van der Waals surface area (Å²) in [5.41, 5.74) is 0. The molecule has 0 radical (unpaired) electrons. The Morgan fingerprint density at radius 3 is 0.500 bits per heavy atom. The quantitative estimate of drug-likeness (QED) is 0.391. The molecule has 0 aromatic rings. The van der Waals surface area contributed by atoms with E-state index in [1.165, 1.54) is 0 Å². The largest absolute Gasteiger partial charge is 5.00 e. The molecule has 32 valence electrons. The van der Waals surface area contributed by atoms with Gasteiger partial charge < -0.3 is 21.9 Å². The Labute approximate surface area is 58.2 Å². The summed E-state index contributed by atoms with van der Waals surface area (Å²) in [6.45, 7) is 0. The molecule has 0 N–H and O–H groups in total. The molecular weight excluding hydrogens is 142 g/mol. The van der Waals surface area contributed by atoms with Gasteiger partial charge in [-0.3, -0.25) is 0 Å². The van der Waals surface area contributed by atoms with Crippen molar-refractivity contribution in [2.45, 2.75) is 0 Å². The summed E-state index contributed by atoms with van der Waals surface area (Å²) in [5, 5.41) is 0. The van der Waals surface area contributed by atoms with Crippen LogP contribution in [-0.2, 0) is 40.5 Å². The topological polar surface area (TPSA) is 114 Å². The maximum atomic E-state index is 0. The van der Waals surface area contributed by atoms with Crippen molar-refractivity contribution in [2.75, 3.05) is 0 Å². The van der Waals surface area contributed by atoms with Crippen LogP contribution in [0, 0.1) is 0 Å². The first kappa shape index (κ1) is 270. The molecule has 6 heavy (non-hydrogen) atoms. The summed E-state index contributed by atoms with van der Waals surface area (Å²) < 4.78 is 0. The van der Waals surface area contributed by atoms with Crippen LogP contribution in [-0.4, -0.2) is 17.4 Å². The molecule has 0 aromatic heterocycles. The molecule has 0 spiro atoms. The average molecular weight is 142 g/mol. The van der Waals surface area contributed by atoms with Crippen LogP contribution in [0.4, 0.5) is 0 Å². The van der Waals surface area contributed by atoms with Crippen LogP contribution in [0.5, 0.6) is 0 Å². The van der Waals surface area contributed by atoms with E-state index in [4.69, 9.17) is 0 Å². The van der Waals surface area contributed by atoms with Gasteiger partial charge in [0.2, 0.25) is 0 Å². The molecule has 0 aromatic carbocycles. The minimum Gasteiger partial charge on any atom is -2.00 e. The molecule has 0 aliphatic carbocycles. The van der Waals surface area contributed by atoms with E-state index < -0.39 is 0 Å². The molecule has 0 unspecified atom stereocenters. The van der Waals surface area contributed by atoms with Gasteiger partial charge in [-0.15, -0.1) is 0 Å². The molecule has 0 saturated carbocycles. The van der Waals surface area contributed by atoms with Crippen molar-refractivity contribution in [2.24, 2.45) is 0 Å². The molecule has 0 fully saturated rings. The van der Waals surface area contributed by atoms with Gasteiger partial charge in [-0.05, 0) is 0 Å². The van der Waals surface area contributed by atoms with Gasteiger partial charge in [0, 0.05) is 0 Å². The van der Waals surface area contributed by atoms with Crippen molar-refractivity contribution in [3.8, 4) is 0 Å². The SMILES string of the molecule is [Al+3].[O-2].[O-2].[O-2].[O-2].[V+5]. The Bertz CT molecular complexity index is 7.51. The number of hydrogen-bond acceptors (Lipinski definition) is 0. The van der Waals surface area contributed by atoms with E-state index >= 15 is 0 Å². The monoisotopic (exact) mass is 142 g/mol. The van der Waals surface area contributed by atoms with Crippen LogP contribution in [0.15, 0.2) is 0 Å². The molecule has 4 nitrogen and oxygen atoms in total. The van der Waals surface area contributed by atoms with Crippen molar-refractivity contribution >= 4 is 17.4 Å². The van der Waals surface area contributed by atoms with Crippen molar-refractivity contribution in [1.29, 1.82) is 0 Å². The summed E-state index contributed by atoms with van der Waals surface area (Å²) in [7, 11) is 0. The molecular formula is AlO4V. The standard InChI is InChI=1S/Al.4O.V/q+3;4*-2;+5. The van der Waals surface area contributed by atoms with Crippen LogP contribution < -0.4 is 0 Å². The summed E-state index contributed by atoms with van der Waals surface area (Å²) in [6.07, 6.45) is 0. The third kappa shape index (κ3) is 84.8. The minimum atomic E-state index is 0. The van der Waals surface area contributed by atoms with Gasteiger partial charge in [0.1, 0.15) is 0 Å². The second-order valence-electron chi connectivity index (χ2n) is 0. The van der Waals surface area contributed by atoms with Gasteiger partial charge in [-0.2, -0.15) is 0 Å². The second kappa shape index (κ2) is 160. The minimum absolute atomic E-state index is 0. The summed E-state index contributed by atoms with van der Waals surface area (Å²) >= 11 is 0. The van der Waals surface area contributed by atoms with E-state index in [1.54, 1.807) is 0 Å². The van der Waals surface area contributed by atoms with Gasteiger partial charge in [0.05, 0.1) is 0 Å². The van der Waals surface area contributed by atoms with Gasteiger partial charge in [0.15, 0.2) is 0 Å². The van der Waals surface area contributed by atoms with Crippen molar-refractivity contribution < 1.29 is 40.5 Å². The van der Waals surface area contributed by atoms with Crippen LogP contribution in [0.1, 0.15) is 0 Å². The van der Waals surface area contributed by atoms with Crippen LogP contribution in [0.3, 0.4) is 0 Å². The summed E-state index contributed by atoms with van der Waals surface area (Å²) in [4.78, 5) is 0. The third-order valence-corrected chi connectivity index (χ3v) is 0. The number of hydrogen-bond donors (Lipinski definition) is 0. The van der Waals surface area contributed by atoms with Crippen LogP contribution in [0.25, 0.3) is 0 Å². The van der Waals surface area contributed by atoms with Gasteiger partial charge in [0.25, 0.3) is 0 Å². The summed E-state index contributed by atoms with van der Waals surface area (Å²) in [5.74, 6) is 0. The molecule has 6 heteroatoms. The normalized spacial score (nSPS) is 0. The van der Waals surface area contributed by atoms with Crippen LogP contribution >= 0.6 is 0 Å². The van der Waals surface area contributed by atoms with Gasteiger partial charge in [-0.25, -0.2) is 0 Å². The van der Waals surface area contributed by atoms with E-state index in [9.17, 15) is 0 Å². The Morgan fingerprint density at radius 1 is 0.500 bits per heavy atom. The predicted octanol–water partition coefficient (Wildman–Crippen LogP) is -0.859. The molecule has 0 rings (SSSR count). The zero-order valence-corrected chi connectivity index (χ0v) is 5.21. The fourth-order valence-corrected chi connectivity index (χ4v) is 0. The van der Waals surface area contributed by atoms with E-state index in [0.29, 0.717) is 0 Å². The van der Waals surface area contributed by atoms with Gasteiger partial charge >= 0.3 is 35.9 Å². The zero-order valence-electron chi connectivity index (χ0n) is 2.66. The third-order valence-electron chi connectivity index (χ3n) is 0. The van der Waals surface area contributed by atoms with Gasteiger partial charge in [-0.1, -0.05) is 0 Å². The van der Waals surface area contributed by atoms with E-state index in [2.05, 4.69) is 0 Å². The van der Waals surface area contributed by atoms with E-state index in [1.807, 2.05) is 0 Å². The predicted molar refractivity (Wildman–Crippen MR) is 8.50 cm³/mol. The Kier molecular flexibility index (Phi) is 7180. The summed E-state index contributed by atoms with van der Waals surface area (Å²) in [6, 6.07) is 0. The van der Waals surface area contributed by atoms with Crippen molar-refractivity contribution in [1.82, 2.24) is 0 Å². The number of rotatable bonds is 0. The molecule has 0 saturated heterocycles. The first-order chi connectivity index (χ1) is 0. The van der Waals surface area contributed by atoms with E-state index in [-0.39, 0.29) is 57.8 Å². The zero-order chi connectivity index (χ0) is 0. The maximum Gasteiger partial charge on any atom is 5.00 e. The molecule has 0 heterocycles. The fraction of sp³-hybridized carbons (Fsp3) is 0. The first-order valence-electron chi connectivity index (χ1n) is 0. The molecule has 0 aliphatic rings. The van der Waals surface area contributed by atoms with Crippen molar-refractivity contribution in [3.63, 3.8) is 0 Å². The molecule has 0 bridgehead atoms. The van der Waals surface area contributed by atoms with Crippen LogP contribution in [0.2, 0.25) is 0 Å². The maximum absolute atomic E-state index is 0. The van der Waals surface area contributed by atoms with Crippen molar-refractivity contribution in [3.05, 3.63) is 0 Å².